The van der Waals surface area contributed by atoms with Crippen LogP contribution in [0, 0.1) is 6.92 Å². The van der Waals surface area contributed by atoms with Crippen molar-refractivity contribution >= 4 is 17.0 Å². The van der Waals surface area contributed by atoms with E-state index in [2.05, 4.69) is 66.5 Å². The van der Waals surface area contributed by atoms with Crippen LogP contribution < -0.4 is 15.8 Å². The summed E-state index contributed by atoms with van der Waals surface area (Å²) in [5, 5.41) is 8.16. The smallest absolute Gasteiger partial charge is 0.320 e. The summed E-state index contributed by atoms with van der Waals surface area (Å²) in [5.74, 6) is 1.19. The highest BCUT2D eigenvalue weighted by atomic mass is 16.5. The number of rotatable bonds is 5. The van der Waals surface area contributed by atoms with Crippen LogP contribution in [-0.4, -0.2) is 48.5 Å². The lowest BCUT2D eigenvalue weighted by Gasteiger charge is -2.13. The van der Waals surface area contributed by atoms with Crippen molar-refractivity contribution in [1.82, 2.24) is 34.6 Å². The number of nitrogen functional groups attached to an aromatic ring is 1. The van der Waals surface area contributed by atoms with Crippen LogP contribution in [0.1, 0.15) is 36.2 Å². The highest BCUT2D eigenvalue weighted by Gasteiger charge is 2.20. The molecular formula is C26H30N8O. The zero-order chi connectivity index (χ0) is 23.8. The lowest BCUT2D eigenvalue weighted by Crippen LogP contribution is -2.21. The third-order valence-corrected chi connectivity index (χ3v) is 6.62. The maximum absolute atomic E-state index is 6.17. The Balaban J connectivity index is 1.33. The minimum absolute atomic E-state index is 0.294. The molecule has 0 radical (unpaired) electrons. The molecule has 9 heteroatoms. The fourth-order valence-electron chi connectivity index (χ4n) is 4.58. The molecule has 2 aliphatic rings. The van der Waals surface area contributed by atoms with E-state index in [-0.39, 0.29) is 0 Å². The van der Waals surface area contributed by atoms with Crippen LogP contribution in [0.2, 0.25) is 0 Å². The third kappa shape index (κ3) is 4.64. The van der Waals surface area contributed by atoms with Gasteiger partial charge in [-0.3, -0.25) is 4.68 Å². The van der Waals surface area contributed by atoms with Crippen LogP contribution in [0.15, 0.2) is 42.7 Å². The highest BCUT2D eigenvalue weighted by Crippen LogP contribution is 2.28. The number of imidazole rings is 1. The second kappa shape index (κ2) is 9.14. The number of hydrogen-bond acceptors (Lipinski definition) is 7. The Kier molecular flexibility index (Phi) is 5.69. The number of nitrogens with one attached hydrogen (secondary N) is 1. The topological polar surface area (TPSA) is 109 Å². The van der Waals surface area contributed by atoms with Crippen LogP contribution in [0.3, 0.4) is 0 Å². The molecule has 9 nitrogen and oxygen atoms in total. The normalized spacial score (nSPS) is 16.8. The second-order valence-electron chi connectivity index (χ2n) is 9.33. The molecule has 180 valence electrons. The molecule has 0 saturated heterocycles. The number of nitrogens with zero attached hydrogens (tertiary/aromatic N) is 6. The molecule has 35 heavy (non-hydrogen) atoms. The van der Waals surface area contributed by atoms with Gasteiger partial charge in [0.05, 0.1) is 25.9 Å². The van der Waals surface area contributed by atoms with Gasteiger partial charge in [0.25, 0.3) is 0 Å². The van der Waals surface area contributed by atoms with Gasteiger partial charge >= 0.3 is 6.01 Å². The standard InChI is InChI=1S/C26H30N8O/c1-17-30-23-24(27)31-26-32-25(23)34(17)15-18-6-9-22(19(13-18)5-3-2-4-12-35-26)20-14-29-33(16-20)11-10-28-21-7-8-21/h2-3,6,9,13-14,16,21,28H,4-5,7-8,10-12,15H2,1H3,(H2,27,31,32)/b3-2+. The number of nitrogens with two attached hydrogens (primary N) is 1. The fourth-order valence-corrected chi connectivity index (χ4v) is 4.58. The van der Waals surface area contributed by atoms with E-state index in [1.165, 1.54) is 29.5 Å². The summed E-state index contributed by atoms with van der Waals surface area (Å²) in [6, 6.07) is 7.67. The Morgan fingerprint density at radius 1 is 1.17 bits per heavy atom. The largest absolute Gasteiger partial charge is 0.463 e. The van der Waals surface area contributed by atoms with Crippen molar-refractivity contribution in [1.29, 1.82) is 0 Å². The Labute approximate surface area is 204 Å². The van der Waals surface area contributed by atoms with Crippen LogP contribution >= 0.6 is 0 Å². The van der Waals surface area contributed by atoms with Crippen molar-refractivity contribution in [2.45, 2.75) is 51.7 Å². The monoisotopic (exact) mass is 470 g/mol. The van der Waals surface area contributed by atoms with E-state index in [4.69, 9.17) is 10.5 Å². The summed E-state index contributed by atoms with van der Waals surface area (Å²) < 4.78 is 9.90. The zero-order valence-corrected chi connectivity index (χ0v) is 19.9. The minimum Gasteiger partial charge on any atom is -0.463 e. The summed E-state index contributed by atoms with van der Waals surface area (Å²) in [7, 11) is 0. The predicted octanol–water partition coefficient (Wildman–Crippen LogP) is 3.26. The molecule has 6 rings (SSSR count). The summed E-state index contributed by atoms with van der Waals surface area (Å²) in [6.45, 7) is 4.93. The SMILES string of the molecule is Cc1nc2c(N)nc3nc2n1Cc1ccc(-c2cnn(CCNC4CC4)c2)c(c1)C/C=C/CCO3. The van der Waals surface area contributed by atoms with Gasteiger partial charge in [0.1, 0.15) is 5.82 Å². The van der Waals surface area contributed by atoms with E-state index in [0.29, 0.717) is 42.2 Å². The maximum Gasteiger partial charge on any atom is 0.320 e. The molecule has 0 amide bonds. The first kappa shape index (κ1) is 21.8. The number of ether oxygens (including phenoxy) is 1. The molecule has 0 spiro atoms. The highest BCUT2D eigenvalue weighted by molar-refractivity contribution is 5.82. The molecule has 1 aromatic carbocycles. The number of aryl methyl sites for hydroxylation is 1. The van der Waals surface area contributed by atoms with E-state index in [0.717, 1.165) is 37.3 Å². The van der Waals surface area contributed by atoms with Crippen LogP contribution in [-0.2, 0) is 19.5 Å². The molecule has 1 aliphatic carbocycles. The first-order chi connectivity index (χ1) is 17.1. The summed E-state index contributed by atoms with van der Waals surface area (Å²) in [5.41, 5.74) is 12.3. The van der Waals surface area contributed by atoms with Crippen LogP contribution in [0.25, 0.3) is 22.3 Å². The number of anilines is 1. The first-order valence-electron chi connectivity index (χ1n) is 12.3. The molecular weight excluding hydrogens is 440 g/mol. The lowest BCUT2D eigenvalue weighted by molar-refractivity contribution is 0.300. The minimum atomic E-state index is 0.294. The van der Waals surface area contributed by atoms with E-state index < -0.39 is 0 Å². The van der Waals surface area contributed by atoms with Crippen LogP contribution in [0.4, 0.5) is 5.82 Å². The van der Waals surface area contributed by atoms with Gasteiger partial charge in [0, 0.05) is 24.3 Å². The molecule has 3 N–H and O–H groups in total. The molecule has 3 aromatic heterocycles. The molecule has 4 aromatic rings. The fraction of sp³-hybridized carbons (Fsp3) is 0.385. The number of hydrogen-bond donors (Lipinski definition) is 2. The average Bonchev–Trinajstić information content (AvgIpc) is 3.46. The molecule has 1 fully saturated rings. The number of allylic oxidation sites excluding steroid dienone is 1. The van der Waals surface area contributed by atoms with Gasteiger partial charge in [0.2, 0.25) is 0 Å². The number of benzene rings is 1. The van der Waals surface area contributed by atoms with Crippen LogP contribution in [0.5, 0.6) is 6.01 Å². The second-order valence-corrected chi connectivity index (χ2v) is 9.33. The van der Waals surface area contributed by atoms with Gasteiger partial charge in [-0.2, -0.15) is 15.1 Å². The molecule has 1 saturated carbocycles. The maximum atomic E-state index is 6.17. The van der Waals surface area contributed by atoms with Crippen molar-refractivity contribution in [3.05, 3.63) is 59.7 Å². The Hall–Kier alpha value is -3.72. The van der Waals surface area contributed by atoms with Crippen molar-refractivity contribution in [2.75, 3.05) is 18.9 Å². The van der Waals surface area contributed by atoms with Gasteiger partial charge in [-0.1, -0.05) is 30.4 Å². The third-order valence-electron chi connectivity index (χ3n) is 6.62. The summed E-state index contributed by atoms with van der Waals surface area (Å²) in [6.07, 6.45) is 12.7. The van der Waals surface area contributed by atoms with Crippen molar-refractivity contribution in [2.24, 2.45) is 0 Å². The van der Waals surface area contributed by atoms with E-state index >= 15 is 0 Å². The number of fused-ring (bicyclic) bond motifs is 3. The first-order valence-corrected chi connectivity index (χ1v) is 12.3. The zero-order valence-electron chi connectivity index (χ0n) is 19.9. The van der Waals surface area contributed by atoms with E-state index in [1.807, 2.05) is 17.8 Å². The van der Waals surface area contributed by atoms with Gasteiger partial charge in [-0.15, -0.1) is 0 Å². The van der Waals surface area contributed by atoms with Gasteiger partial charge in [-0.05, 0) is 49.3 Å². The van der Waals surface area contributed by atoms with Crippen molar-refractivity contribution < 1.29 is 4.74 Å². The summed E-state index contributed by atoms with van der Waals surface area (Å²) in [4.78, 5) is 13.5. The lowest BCUT2D eigenvalue weighted by atomic mass is 9.97. The Morgan fingerprint density at radius 2 is 2.09 bits per heavy atom. The van der Waals surface area contributed by atoms with Gasteiger partial charge in [0.15, 0.2) is 17.0 Å². The quantitative estimate of drug-likeness (QED) is 0.431. The molecule has 1 aliphatic heterocycles. The van der Waals surface area contributed by atoms with Gasteiger partial charge in [-0.25, -0.2) is 4.98 Å². The van der Waals surface area contributed by atoms with E-state index in [1.54, 1.807) is 0 Å². The predicted molar refractivity (Wildman–Crippen MR) is 135 cm³/mol. The molecule has 4 heterocycles. The molecule has 0 atom stereocenters. The average molecular weight is 471 g/mol. The van der Waals surface area contributed by atoms with Crippen molar-refractivity contribution in [3.63, 3.8) is 0 Å². The number of aromatic nitrogens is 6. The van der Waals surface area contributed by atoms with Crippen molar-refractivity contribution in [3.8, 4) is 17.1 Å². The Bertz CT molecular complexity index is 1400. The molecule has 4 bridgehead atoms. The van der Waals surface area contributed by atoms with Gasteiger partial charge < -0.3 is 20.4 Å². The van der Waals surface area contributed by atoms with E-state index in [9.17, 15) is 0 Å². The summed E-state index contributed by atoms with van der Waals surface area (Å²) >= 11 is 0. The Morgan fingerprint density at radius 3 is 2.97 bits per heavy atom. The molecule has 0 unspecified atom stereocenters.